The van der Waals surface area contributed by atoms with Crippen LogP contribution in [0, 0.1) is 0 Å². The fraction of sp³-hybridized carbons (Fsp3) is 0.714. The molecule has 0 aromatic heterocycles. The zero-order valence-corrected chi connectivity index (χ0v) is 15.9. The predicted molar refractivity (Wildman–Crippen MR) is 90.2 cm³/mol. The summed E-state index contributed by atoms with van der Waals surface area (Å²) in [5, 5.41) is 5.02. The van der Waals surface area contributed by atoms with Gasteiger partial charge in [-0.1, -0.05) is 11.9 Å². The fourth-order valence-electron chi connectivity index (χ4n) is 2.31. The van der Waals surface area contributed by atoms with E-state index in [9.17, 15) is 19.2 Å². The molecule has 0 bridgehead atoms. The van der Waals surface area contributed by atoms with Crippen LogP contribution in [-0.4, -0.2) is 58.6 Å². The second-order valence-electron chi connectivity index (χ2n) is 5.20. The molecule has 9 nitrogen and oxygen atoms in total. The largest absolute Gasteiger partial charge is 0.462 e. The van der Waals surface area contributed by atoms with Crippen molar-refractivity contribution in [2.75, 3.05) is 6.61 Å². The summed E-state index contributed by atoms with van der Waals surface area (Å²) < 4.78 is 20.3. The summed E-state index contributed by atoms with van der Waals surface area (Å²) in [6, 6.07) is 0. The standard InChI is InChI=1S/C14H21NO8S2/c1-6(16)20-5-10(21-7(2)17)13-11(22-8(3)18)12(23-9(4)19)14(24-13)25-15/h10-14H,5,15H2,1-4H3/t10-,11-,12-,13-,14+/m1/s1. The zero-order valence-electron chi connectivity index (χ0n) is 14.3. The number of carbonyl (C=O) groups excluding carboxylic acids is 4. The molecule has 142 valence electrons. The van der Waals surface area contributed by atoms with Crippen LogP contribution < -0.4 is 5.14 Å². The van der Waals surface area contributed by atoms with Gasteiger partial charge in [0, 0.05) is 27.7 Å². The maximum Gasteiger partial charge on any atom is 0.303 e. The molecule has 5 atom stereocenters. The molecule has 11 heteroatoms. The Morgan fingerprint density at radius 3 is 1.96 bits per heavy atom. The van der Waals surface area contributed by atoms with Gasteiger partial charge >= 0.3 is 23.9 Å². The average molecular weight is 395 g/mol. The summed E-state index contributed by atoms with van der Waals surface area (Å²) in [5.41, 5.74) is 0. The molecule has 0 aromatic rings. The van der Waals surface area contributed by atoms with Gasteiger partial charge in [-0.05, 0) is 0 Å². The topological polar surface area (TPSA) is 131 Å². The predicted octanol–water partition coefficient (Wildman–Crippen LogP) is 0.393. The van der Waals surface area contributed by atoms with Crippen LogP contribution in [0.4, 0.5) is 0 Å². The van der Waals surface area contributed by atoms with Gasteiger partial charge in [0.15, 0.2) is 18.3 Å². The van der Waals surface area contributed by atoms with Crippen LogP contribution in [0.25, 0.3) is 0 Å². The Balaban J connectivity index is 3.10. The lowest BCUT2D eigenvalue weighted by Crippen LogP contribution is -2.45. The molecule has 0 spiro atoms. The average Bonchev–Trinajstić information content (AvgIpc) is 2.79. The normalized spacial score (nSPS) is 26.4. The number of rotatable bonds is 7. The van der Waals surface area contributed by atoms with Gasteiger partial charge in [-0.2, -0.15) is 0 Å². The Bertz CT molecular complexity index is 529. The molecule has 25 heavy (non-hydrogen) atoms. The molecular weight excluding hydrogens is 374 g/mol. The van der Waals surface area contributed by atoms with E-state index >= 15 is 0 Å². The Kier molecular flexibility index (Phi) is 8.53. The van der Waals surface area contributed by atoms with E-state index in [4.69, 9.17) is 24.1 Å². The lowest BCUT2D eigenvalue weighted by Gasteiger charge is -2.28. The lowest BCUT2D eigenvalue weighted by atomic mass is 10.1. The van der Waals surface area contributed by atoms with Crippen molar-refractivity contribution in [3.05, 3.63) is 0 Å². The van der Waals surface area contributed by atoms with Crippen LogP contribution in [0.3, 0.4) is 0 Å². The van der Waals surface area contributed by atoms with Crippen LogP contribution in [0.15, 0.2) is 0 Å². The highest BCUT2D eigenvalue weighted by atomic mass is 32.2. The molecule has 1 fully saturated rings. The molecule has 0 aromatic carbocycles. The first kappa shape index (κ1) is 21.6. The molecule has 0 radical (unpaired) electrons. The first-order chi connectivity index (χ1) is 11.6. The summed E-state index contributed by atoms with van der Waals surface area (Å²) >= 11 is 2.15. The van der Waals surface area contributed by atoms with Crippen molar-refractivity contribution in [1.29, 1.82) is 0 Å². The lowest BCUT2D eigenvalue weighted by molar-refractivity contribution is -0.169. The monoisotopic (exact) mass is 395 g/mol. The molecule has 0 aliphatic carbocycles. The van der Waals surface area contributed by atoms with Crippen LogP contribution >= 0.6 is 23.7 Å². The molecule has 0 unspecified atom stereocenters. The molecule has 1 aliphatic rings. The van der Waals surface area contributed by atoms with E-state index in [1.54, 1.807) is 0 Å². The quantitative estimate of drug-likeness (QED) is 0.365. The second kappa shape index (κ2) is 9.88. The second-order valence-corrected chi connectivity index (χ2v) is 7.61. The fourth-order valence-corrected chi connectivity index (χ4v) is 4.67. The Hall–Kier alpha value is -1.46. The van der Waals surface area contributed by atoms with Crippen molar-refractivity contribution in [2.45, 2.75) is 55.8 Å². The molecule has 1 rings (SSSR count). The molecular formula is C14H21NO8S2. The van der Waals surface area contributed by atoms with Crippen molar-refractivity contribution >= 4 is 47.6 Å². The smallest absolute Gasteiger partial charge is 0.303 e. The SMILES string of the molecule is CC(=O)OC[C@@H](OC(C)=O)[C@H]1S[C@@H](SN)[C@H](OC(C)=O)[C@H]1OC(C)=O. The van der Waals surface area contributed by atoms with Crippen LogP contribution in [0.1, 0.15) is 27.7 Å². The van der Waals surface area contributed by atoms with E-state index in [2.05, 4.69) is 0 Å². The van der Waals surface area contributed by atoms with Gasteiger partial charge < -0.3 is 18.9 Å². The highest BCUT2D eigenvalue weighted by molar-refractivity contribution is 8.16. The number of nitrogens with two attached hydrogens (primary N) is 1. The number of esters is 4. The Morgan fingerprint density at radius 1 is 0.960 bits per heavy atom. The maximum absolute atomic E-state index is 11.5. The van der Waals surface area contributed by atoms with Gasteiger partial charge in [-0.15, -0.1) is 11.8 Å². The third-order valence-corrected chi connectivity index (χ3v) is 5.71. The van der Waals surface area contributed by atoms with E-state index in [0.717, 1.165) is 11.9 Å². The summed E-state index contributed by atoms with van der Waals surface area (Å²) in [7, 11) is 0. The molecule has 1 saturated heterocycles. The summed E-state index contributed by atoms with van der Waals surface area (Å²) in [4.78, 5) is 45.4. The minimum absolute atomic E-state index is 0.223. The van der Waals surface area contributed by atoms with Crippen molar-refractivity contribution in [1.82, 2.24) is 0 Å². The highest BCUT2D eigenvalue weighted by Crippen LogP contribution is 2.44. The van der Waals surface area contributed by atoms with Gasteiger partial charge in [0.1, 0.15) is 11.2 Å². The van der Waals surface area contributed by atoms with Crippen molar-refractivity contribution in [3.63, 3.8) is 0 Å². The third-order valence-electron chi connectivity index (χ3n) is 3.08. The third kappa shape index (κ3) is 6.75. The van der Waals surface area contributed by atoms with Crippen LogP contribution in [0.5, 0.6) is 0 Å². The van der Waals surface area contributed by atoms with Crippen molar-refractivity contribution in [3.8, 4) is 0 Å². The van der Waals surface area contributed by atoms with Gasteiger partial charge in [-0.25, -0.2) is 0 Å². The molecule has 1 heterocycles. The van der Waals surface area contributed by atoms with E-state index in [0.29, 0.717) is 0 Å². The zero-order chi connectivity index (χ0) is 19.1. The number of hydrogen-bond acceptors (Lipinski definition) is 11. The van der Waals surface area contributed by atoms with E-state index in [-0.39, 0.29) is 6.61 Å². The minimum atomic E-state index is -0.910. The Morgan fingerprint density at radius 2 is 1.52 bits per heavy atom. The molecule has 1 aliphatic heterocycles. The minimum Gasteiger partial charge on any atom is -0.462 e. The van der Waals surface area contributed by atoms with E-state index < -0.39 is 52.0 Å². The van der Waals surface area contributed by atoms with Gasteiger partial charge in [0.25, 0.3) is 0 Å². The summed E-state index contributed by atoms with van der Waals surface area (Å²) in [6.45, 7) is 4.64. The van der Waals surface area contributed by atoms with E-state index in [1.165, 1.54) is 39.5 Å². The number of ether oxygens (including phenoxy) is 4. The summed E-state index contributed by atoms with van der Waals surface area (Å²) in [6.07, 6.45) is -2.64. The number of hydrogen-bond donors (Lipinski definition) is 1. The van der Waals surface area contributed by atoms with Gasteiger partial charge in [0.2, 0.25) is 0 Å². The summed E-state index contributed by atoms with van der Waals surface area (Å²) in [5.74, 6) is -2.30. The molecule has 0 amide bonds. The van der Waals surface area contributed by atoms with E-state index in [1.807, 2.05) is 0 Å². The molecule has 0 saturated carbocycles. The van der Waals surface area contributed by atoms with Crippen molar-refractivity contribution < 1.29 is 38.1 Å². The van der Waals surface area contributed by atoms with Crippen LogP contribution in [-0.2, 0) is 38.1 Å². The Labute approximate surface area is 153 Å². The molecule has 2 N–H and O–H groups in total. The highest BCUT2D eigenvalue weighted by Gasteiger charge is 2.52. The maximum atomic E-state index is 11.5. The first-order valence-corrected chi connectivity index (χ1v) is 9.20. The number of carbonyl (C=O) groups is 4. The van der Waals surface area contributed by atoms with Gasteiger partial charge in [0.05, 0.1) is 5.25 Å². The first-order valence-electron chi connectivity index (χ1n) is 7.31. The van der Waals surface area contributed by atoms with Crippen LogP contribution in [0.2, 0.25) is 0 Å². The number of thioether (sulfide) groups is 1. The van der Waals surface area contributed by atoms with Gasteiger partial charge in [-0.3, -0.25) is 24.3 Å². The van der Waals surface area contributed by atoms with Crippen molar-refractivity contribution in [2.24, 2.45) is 5.14 Å².